The van der Waals surface area contributed by atoms with E-state index in [1.54, 1.807) is 18.2 Å². The fraction of sp³-hybridized carbons (Fsp3) is 0.500. The number of carbonyl (C=O) groups excluding carboxylic acids is 1. The molecule has 3 rings (SSSR count). The summed E-state index contributed by atoms with van der Waals surface area (Å²) < 4.78 is 0. The maximum Gasteiger partial charge on any atom is 0.256 e. The van der Waals surface area contributed by atoms with E-state index in [0.717, 1.165) is 13.1 Å². The summed E-state index contributed by atoms with van der Waals surface area (Å²) in [6.45, 7) is 1.75. The van der Waals surface area contributed by atoms with Gasteiger partial charge in [0, 0.05) is 18.1 Å². The fourth-order valence-corrected chi connectivity index (χ4v) is 3.56. The number of likely N-dealkylation sites (tertiary alicyclic amines) is 1. The van der Waals surface area contributed by atoms with Gasteiger partial charge in [0.1, 0.15) is 0 Å². The molecule has 2 fully saturated rings. The van der Waals surface area contributed by atoms with Crippen molar-refractivity contribution in [1.82, 2.24) is 4.90 Å². The number of hydrogen-bond acceptors (Lipinski definition) is 3. The number of carbonyl (C=O) groups is 1. The molecule has 2 unspecified atom stereocenters. The Morgan fingerprint density at radius 1 is 1.32 bits per heavy atom. The van der Waals surface area contributed by atoms with Gasteiger partial charge in [0.05, 0.1) is 11.3 Å². The highest BCUT2D eigenvalue weighted by atomic mass is 35.5. The molecule has 1 aromatic carbocycles. The summed E-state index contributed by atoms with van der Waals surface area (Å²) in [4.78, 5) is 14.5. The fourth-order valence-electron chi connectivity index (χ4n) is 3.39. The van der Waals surface area contributed by atoms with Gasteiger partial charge < -0.3 is 10.3 Å². The second-order valence-corrected chi connectivity index (χ2v) is 5.93. The maximum atomic E-state index is 12.6. The number of fused-ring (bicyclic) bond motifs is 1. The van der Waals surface area contributed by atoms with Crippen molar-refractivity contribution in [1.29, 1.82) is 0 Å². The monoisotopic (exact) mass is 279 g/mol. The van der Waals surface area contributed by atoms with Gasteiger partial charge in [-0.3, -0.25) is 10.6 Å². The largest absolute Gasteiger partial charge is 0.338 e. The number of anilines is 1. The molecule has 102 valence electrons. The lowest BCUT2D eigenvalue weighted by molar-refractivity contribution is 0.0781. The van der Waals surface area contributed by atoms with Gasteiger partial charge in [-0.2, -0.15) is 0 Å². The minimum absolute atomic E-state index is 0.0323. The Hall–Kier alpha value is -1.26. The lowest BCUT2D eigenvalue weighted by atomic mass is 10.0. The molecule has 0 bridgehead atoms. The third-order valence-electron chi connectivity index (χ3n) is 4.38. The molecule has 2 aliphatic rings. The van der Waals surface area contributed by atoms with Crippen LogP contribution in [0.1, 0.15) is 29.6 Å². The number of rotatable bonds is 2. The smallest absolute Gasteiger partial charge is 0.256 e. The normalized spacial score (nSPS) is 25.5. The Balaban J connectivity index is 1.82. The zero-order chi connectivity index (χ0) is 13.4. The first-order valence-electron chi connectivity index (χ1n) is 6.74. The van der Waals surface area contributed by atoms with Gasteiger partial charge in [-0.1, -0.05) is 18.0 Å². The molecule has 4 nitrogen and oxygen atoms in total. The van der Waals surface area contributed by atoms with Crippen LogP contribution in [0.2, 0.25) is 5.02 Å². The molecule has 0 aromatic heterocycles. The second-order valence-electron chi connectivity index (χ2n) is 5.50. The molecule has 0 spiro atoms. The Labute approximate surface area is 117 Å². The highest BCUT2D eigenvalue weighted by Crippen LogP contribution is 2.38. The van der Waals surface area contributed by atoms with E-state index in [4.69, 9.17) is 17.4 Å². The highest BCUT2D eigenvalue weighted by Gasteiger charge is 2.38. The zero-order valence-electron chi connectivity index (χ0n) is 10.7. The molecule has 1 aromatic rings. The van der Waals surface area contributed by atoms with Crippen LogP contribution in [0.3, 0.4) is 0 Å². The number of benzene rings is 1. The number of nitrogens with two attached hydrogens (primary N) is 1. The van der Waals surface area contributed by atoms with Crippen LogP contribution in [0.4, 0.5) is 5.69 Å². The standard InChI is InChI=1S/C14H18ClN3O/c15-11-4-5-13(17-16)12(6-11)14(19)18-7-9-2-1-3-10(9)8-18/h4-6,9-10,17H,1-3,7-8,16H2. The van der Waals surface area contributed by atoms with Crippen molar-refractivity contribution in [3.63, 3.8) is 0 Å². The summed E-state index contributed by atoms with van der Waals surface area (Å²) in [5.74, 6) is 6.88. The predicted molar refractivity (Wildman–Crippen MR) is 76.0 cm³/mol. The number of hydrazine groups is 1. The van der Waals surface area contributed by atoms with Gasteiger partial charge in [0.25, 0.3) is 5.91 Å². The number of nitrogen functional groups attached to an aromatic ring is 1. The van der Waals surface area contributed by atoms with Gasteiger partial charge in [-0.25, -0.2) is 0 Å². The summed E-state index contributed by atoms with van der Waals surface area (Å²) in [7, 11) is 0. The van der Waals surface area contributed by atoms with Gasteiger partial charge in [-0.15, -0.1) is 0 Å². The van der Waals surface area contributed by atoms with Crippen molar-refractivity contribution >= 4 is 23.2 Å². The quantitative estimate of drug-likeness (QED) is 0.646. The van der Waals surface area contributed by atoms with E-state index in [0.29, 0.717) is 28.1 Å². The van der Waals surface area contributed by atoms with E-state index in [1.165, 1.54) is 19.3 Å². The van der Waals surface area contributed by atoms with Crippen LogP contribution in [-0.2, 0) is 0 Å². The van der Waals surface area contributed by atoms with E-state index in [1.807, 2.05) is 4.90 Å². The van der Waals surface area contributed by atoms with Crippen LogP contribution in [0.15, 0.2) is 18.2 Å². The number of halogens is 1. The number of nitrogens with one attached hydrogen (secondary N) is 1. The summed E-state index contributed by atoms with van der Waals surface area (Å²) in [6.07, 6.45) is 3.82. The number of hydrogen-bond donors (Lipinski definition) is 2. The van der Waals surface area contributed by atoms with Crippen LogP contribution >= 0.6 is 11.6 Å². The van der Waals surface area contributed by atoms with Crippen LogP contribution in [-0.4, -0.2) is 23.9 Å². The third kappa shape index (κ3) is 2.30. The molecular weight excluding hydrogens is 262 g/mol. The molecule has 2 atom stereocenters. The molecule has 1 heterocycles. The average Bonchev–Trinajstić information content (AvgIpc) is 2.98. The molecule has 1 saturated heterocycles. The van der Waals surface area contributed by atoms with Gasteiger partial charge in [0.15, 0.2) is 0 Å². The first kappa shape index (κ1) is 12.8. The maximum absolute atomic E-state index is 12.6. The van der Waals surface area contributed by atoms with Crippen molar-refractivity contribution < 1.29 is 4.79 Å². The Morgan fingerprint density at radius 3 is 2.63 bits per heavy atom. The molecule has 0 radical (unpaired) electrons. The lowest BCUT2D eigenvalue weighted by Crippen LogP contribution is -2.30. The van der Waals surface area contributed by atoms with Crippen molar-refractivity contribution in [2.75, 3.05) is 18.5 Å². The van der Waals surface area contributed by atoms with Crippen LogP contribution in [0.5, 0.6) is 0 Å². The highest BCUT2D eigenvalue weighted by molar-refractivity contribution is 6.31. The van der Waals surface area contributed by atoms with E-state index < -0.39 is 0 Å². The SMILES string of the molecule is NNc1ccc(Cl)cc1C(=O)N1CC2CCCC2C1. The Bertz CT molecular complexity index is 493. The first-order chi connectivity index (χ1) is 9.19. The molecule has 1 aliphatic carbocycles. The molecule has 3 N–H and O–H groups in total. The minimum Gasteiger partial charge on any atom is -0.338 e. The second kappa shape index (κ2) is 5.02. The predicted octanol–water partition coefficient (Wildman–Crippen LogP) is 2.50. The summed E-state index contributed by atoms with van der Waals surface area (Å²) in [6, 6.07) is 5.16. The molecule has 5 heteroatoms. The van der Waals surface area contributed by atoms with Crippen molar-refractivity contribution in [3.8, 4) is 0 Å². The van der Waals surface area contributed by atoms with Crippen LogP contribution in [0.25, 0.3) is 0 Å². The van der Waals surface area contributed by atoms with E-state index >= 15 is 0 Å². The van der Waals surface area contributed by atoms with Crippen LogP contribution < -0.4 is 11.3 Å². The van der Waals surface area contributed by atoms with Crippen molar-refractivity contribution in [3.05, 3.63) is 28.8 Å². The number of nitrogens with zero attached hydrogens (tertiary/aromatic N) is 1. The van der Waals surface area contributed by atoms with Crippen LogP contribution in [0, 0.1) is 11.8 Å². The van der Waals surface area contributed by atoms with Gasteiger partial charge in [-0.05, 0) is 42.9 Å². The molecule has 19 heavy (non-hydrogen) atoms. The van der Waals surface area contributed by atoms with Crippen molar-refractivity contribution in [2.24, 2.45) is 17.7 Å². The summed E-state index contributed by atoms with van der Waals surface area (Å²) >= 11 is 5.98. The summed E-state index contributed by atoms with van der Waals surface area (Å²) in [5, 5.41) is 0.557. The van der Waals surface area contributed by atoms with Gasteiger partial charge >= 0.3 is 0 Å². The lowest BCUT2D eigenvalue weighted by Gasteiger charge is -2.19. The average molecular weight is 280 g/mol. The topological polar surface area (TPSA) is 58.4 Å². The Morgan fingerprint density at radius 2 is 2.00 bits per heavy atom. The van der Waals surface area contributed by atoms with Gasteiger partial charge in [0.2, 0.25) is 0 Å². The molecule has 1 amide bonds. The van der Waals surface area contributed by atoms with E-state index in [2.05, 4.69) is 5.43 Å². The minimum atomic E-state index is 0.0323. The third-order valence-corrected chi connectivity index (χ3v) is 4.62. The molecule has 1 saturated carbocycles. The molecule has 1 aliphatic heterocycles. The Kier molecular flexibility index (Phi) is 3.37. The molecular formula is C14H18ClN3O. The van der Waals surface area contributed by atoms with Crippen molar-refractivity contribution in [2.45, 2.75) is 19.3 Å². The number of amides is 1. The van der Waals surface area contributed by atoms with E-state index in [9.17, 15) is 4.79 Å². The summed E-state index contributed by atoms with van der Waals surface area (Å²) in [5.41, 5.74) is 3.77. The van der Waals surface area contributed by atoms with E-state index in [-0.39, 0.29) is 5.91 Å². The zero-order valence-corrected chi connectivity index (χ0v) is 11.5. The first-order valence-corrected chi connectivity index (χ1v) is 7.12.